The number of amides is 1. The molecule has 0 atom stereocenters. The first-order chi connectivity index (χ1) is 9.69. The first kappa shape index (κ1) is 18.1. The number of benzene rings is 1. The minimum atomic E-state index is -0.401. The molecule has 0 fully saturated rings. The molecular formula is C15H26N2O3. The van der Waals surface area contributed by atoms with Crippen molar-refractivity contribution in [3.05, 3.63) is 24.3 Å². The van der Waals surface area contributed by atoms with Crippen LogP contribution in [0.4, 0.5) is 10.5 Å². The van der Waals surface area contributed by atoms with E-state index in [1.165, 1.54) is 13.5 Å². The molecule has 5 nitrogen and oxygen atoms in total. The summed E-state index contributed by atoms with van der Waals surface area (Å²) >= 11 is 0. The van der Waals surface area contributed by atoms with Crippen molar-refractivity contribution in [3.8, 4) is 5.75 Å². The van der Waals surface area contributed by atoms with E-state index in [1.807, 2.05) is 24.3 Å². The number of carbonyl (C=O) groups is 1. The number of nitrogens with one attached hydrogen (secondary N) is 2. The van der Waals surface area contributed by atoms with Gasteiger partial charge in [0, 0.05) is 13.1 Å². The van der Waals surface area contributed by atoms with E-state index in [-0.39, 0.29) is 0 Å². The molecule has 1 aromatic carbocycles. The van der Waals surface area contributed by atoms with Crippen molar-refractivity contribution in [1.82, 2.24) is 5.32 Å². The third-order valence-corrected chi connectivity index (χ3v) is 2.23. The van der Waals surface area contributed by atoms with Crippen LogP contribution in [-0.4, -0.2) is 33.4 Å². The summed E-state index contributed by atoms with van der Waals surface area (Å²) in [5, 5.41) is 5.85. The summed E-state index contributed by atoms with van der Waals surface area (Å²) < 4.78 is 9.67. The SMILES string of the molecule is CCC.COC(=O)NCCCNc1ccccc1OC. The van der Waals surface area contributed by atoms with E-state index in [4.69, 9.17) is 4.74 Å². The van der Waals surface area contributed by atoms with Crippen LogP contribution in [0.2, 0.25) is 0 Å². The topological polar surface area (TPSA) is 59.6 Å². The number of ether oxygens (including phenoxy) is 2. The second-order valence-electron chi connectivity index (χ2n) is 4.11. The Bertz CT molecular complexity index is 370. The molecule has 0 unspecified atom stereocenters. The number of hydrogen-bond acceptors (Lipinski definition) is 4. The summed E-state index contributed by atoms with van der Waals surface area (Å²) in [6.07, 6.45) is 1.66. The molecule has 1 amide bonds. The summed E-state index contributed by atoms with van der Waals surface area (Å²) in [6, 6.07) is 7.71. The summed E-state index contributed by atoms with van der Waals surface area (Å²) in [4.78, 5) is 10.8. The highest BCUT2D eigenvalue weighted by Gasteiger charge is 2.00. The molecule has 114 valence electrons. The smallest absolute Gasteiger partial charge is 0.406 e. The Kier molecular flexibility index (Phi) is 11.0. The van der Waals surface area contributed by atoms with Crippen LogP contribution >= 0.6 is 0 Å². The van der Waals surface area contributed by atoms with Gasteiger partial charge in [0.2, 0.25) is 0 Å². The van der Waals surface area contributed by atoms with Gasteiger partial charge in [-0.3, -0.25) is 0 Å². The normalized spacial score (nSPS) is 9.00. The number of rotatable bonds is 6. The van der Waals surface area contributed by atoms with Gasteiger partial charge in [-0.05, 0) is 18.6 Å². The molecule has 0 saturated carbocycles. The summed E-state index contributed by atoms with van der Waals surface area (Å²) in [6.45, 7) is 5.58. The van der Waals surface area contributed by atoms with Crippen molar-refractivity contribution in [1.29, 1.82) is 0 Å². The molecule has 0 aliphatic rings. The van der Waals surface area contributed by atoms with E-state index >= 15 is 0 Å². The molecule has 0 aromatic heterocycles. The van der Waals surface area contributed by atoms with Gasteiger partial charge in [-0.1, -0.05) is 32.4 Å². The zero-order valence-corrected chi connectivity index (χ0v) is 12.9. The largest absolute Gasteiger partial charge is 0.495 e. The molecule has 0 radical (unpaired) electrons. The van der Waals surface area contributed by atoms with Crippen molar-refractivity contribution in [2.45, 2.75) is 26.7 Å². The predicted molar refractivity (Wildman–Crippen MR) is 82.5 cm³/mol. The highest BCUT2D eigenvalue weighted by molar-refractivity contribution is 5.66. The first-order valence-electron chi connectivity index (χ1n) is 6.88. The number of methoxy groups -OCH3 is 2. The van der Waals surface area contributed by atoms with Crippen LogP contribution in [0, 0.1) is 0 Å². The second-order valence-corrected chi connectivity index (χ2v) is 4.11. The van der Waals surface area contributed by atoms with E-state index < -0.39 is 6.09 Å². The average Bonchev–Trinajstić information content (AvgIpc) is 2.47. The zero-order valence-electron chi connectivity index (χ0n) is 12.9. The third kappa shape index (κ3) is 8.24. The number of anilines is 1. The summed E-state index contributed by atoms with van der Waals surface area (Å²) in [7, 11) is 2.99. The quantitative estimate of drug-likeness (QED) is 0.786. The molecule has 20 heavy (non-hydrogen) atoms. The van der Waals surface area contributed by atoms with Crippen molar-refractivity contribution in [3.63, 3.8) is 0 Å². The monoisotopic (exact) mass is 282 g/mol. The maximum Gasteiger partial charge on any atom is 0.406 e. The zero-order chi connectivity index (χ0) is 15.2. The fourth-order valence-corrected chi connectivity index (χ4v) is 1.36. The van der Waals surface area contributed by atoms with Crippen LogP contribution in [0.3, 0.4) is 0 Å². The highest BCUT2D eigenvalue weighted by Crippen LogP contribution is 2.22. The molecule has 1 aromatic rings. The molecule has 0 spiro atoms. The number of para-hydroxylation sites is 2. The van der Waals surface area contributed by atoms with Gasteiger partial charge in [0.05, 0.1) is 19.9 Å². The van der Waals surface area contributed by atoms with Gasteiger partial charge in [0.1, 0.15) is 5.75 Å². The standard InChI is InChI=1S/C12H18N2O3.C3H8/c1-16-11-7-4-3-6-10(11)13-8-5-9-14-12(15)17-2;1-3-2/h3-4,6-7,13H,5,8-9H2,1-2H3,(H,14,15);3H2,1-2H3. The van der Waals surface area contributed by atoms with Crippen molar-refractivity contribution >= 4 is 11.8 Å². The van der Waals surface area contributed by atoms with Crippen molar-refractivity contribution in [2.24, 2.45) is 0 Å². The second kappa shape index (κ2) is 12.1. The Morgan fingerprint density at radius 1 is 1.15 bits per heavy atom. The maximum atomic E-state index is 10.8. The average molecular weight is 282 g/mol. The van der Waals surface area contributed by atoms with Crippen molar-refractivity contribution in [2.75, 3.05) is 32.6 Å². The Morgan fingerprint density at radius 2 is 1.80 bits per heavy atom. The van der Waals surface area contributed by atoms with Gasteiger partial charge < -0.3 is 20.1 Å². The van der Waals surface area contributed by atoms with Gasteiger partial charge >= 0.3 is 6.09 Å². The lowest BCUT2D eigenvalue weighted by Crippen LogP contribution is -2.25. The Morgan fingerprint density at radius 3 is 2.40 bits per heavy atom. The maximum absolute atomic E-state index is 10.8. The Balaban J connectivity index is 0.00000110. The summed E-state index contributed by atoms with van der Waals surface area (Å²) in [5.74, 6) is 0.813. The predicted octanol–water partition coefficient (Wildman–Crippen LogP) is 3.27. The number of alkyl carbamates (subject to hydrolysis) is 1. The van der Waals surface area contributed by atoms with E-state index in [1.54, 1.807) is 7.11 Å². The lowest BCUT2D eigenvalue weighted by Gasteiger charge is -2.10. The molecule has 0 bridgehead atoms. The third-order valence-electron chi connectivity index (χ3n) is 2.23. The molecule has 0 saturated heterocycles. The van der Waals surface area contributed by atoms with E-state index in [2.05, 4.69) is 29.2 Å². The Labute approximate surface area is 121 Å². The van der Waals surface area contributed by atoms with Gasteiger partial charge in [-0.15, -0.1) is 0 Å². The highest BCUT2D eigenvalue weighted by atomic mass is 16.5. The molecule has 0 aliphatic carbocycles. The summed E-state index contributed by atoms with van der Waals surface area (Å²) in [5.41, 5.74) is 0.952. The molecule has 2 N–H and O–H groups in total. The lowest BCUT2D eigenvalue weighted by atomic mass is 10.3. The van der Waals surface area contributed by atoms with Gasteiger partial charge in [0.15, 0.2) is 0 Å². The minimum absolute atomic E-state index is 0.401. The van der Waals surface area contributed by atoms with Crippen molar-refractivity contribution < 1.29 is 14.3 Å². The molecule has 0 aliphatic heterocycles. The minimum Gasteiger partial charge on any atom is -0.495 e. The van der Waals surface area contributed by atoms with E-state index in [0.717, 1.165) is 24.4 Å². The molecular weight excluding hydrogens is 256 g/mol. The molecule has 1 rings (SSSR count). The van der Waals surface area contributed by atoms with Crippen LogP contribution in [0.5, 0.6) is 5.75 Å². The number of hydrogen-bond donors (Lipinski definition) is 2. The van der Waals surface area contributed by atoms with Crippen LogP contribution in [0.15, 0.2) is 24.3 Å². The van der Waals surface area contributed by atoms with Crippen LogP contribution in [0.1, 0.15) is 26.7 Å². The fraction of sp³-hybridized carbons (Fsp3) is 0.533. The van der Waals surface area contributed by atoms with Gasteiger partial charge in [-0.25, -0.2) is 4.79 Å². The van der Waals surface area contributed by atoms with E-state index in [0.29, 0.717) is 6.54 Å². The lowest BCUT2D eigenvalue weighted by molar-refractivity contribution is 0.171. The fourth-order valence-electron chi connectivity index (χ4n) is 1.36. The Hall–Kier alpha value is -1.91. The van der Waals surface area contributed by atoms with Crippen LogP contribution < -0.4 is 15.4 Å². The van der Waals surface area contributed by atoms with Crippen LogP contribution in [-0.2, 0) is 4.74 Å². The van der Waals surface area contributed by atoms with Crippen LogP contribution in [0.25, 0.3) is 0 Å². The number of carbonyl (C=O) groups excluding carboxylic acids is 1. The first-order valence-corrected chi connectivity index (χ1v) is 6.88. The molecule has 0 heterocycles. The van der Waals surface area contributed by atoms with Gasteiger partial charge in [0.25, 0.3) is 0 Å². The van der Waals surface area contributed by atoms with Gasteiger partial charge in [-0.2, -0.15) is 0 Å². The van der Waals surface area contributed by atoms with E-state index in [9.17, 15) is 4.79 Å². The molecule has 5 heteroatoms.